The number of sulfonamides is 1. The first-order valence-corrected chi connectivity index (χ1v) is 14.4. The number of nitrogens with zero attached hydrogens (tertiary/aromatic N) is 3. The molecule has 2 heterocycles. The Balaban J connectivity index is 1.32. The summed E-state index contributed by atoms with van der Waals surface area (Å²) in [7, 11) is -3.57. The largest absolute Gasteiger partial charge is 0.506 e. The van der Waals surface area contributed by atoms with Gasteiger partial charge in [-0.1, -0.05) is 65.7 Å². The molecule has 11 heteroatoms. The number of hydrogen-bond acceptors (Lipinski definition) is 7. The van der Waals surface area contributed by atoms with Crippen molar-refractivity contribution in [3.8, 4) is 39.8 Å². The van der Waals surface area contributed by atoms with E-state index in [2.05, 4.69) is 25.0 Å². The minimum absolute atomic E-state index is 0.0441. The van der Waals surface area contributed by atoms with Gasteiger partial charge in [0.1, 0.15) is 11.6 Å². The van der Waals surface area contributed by atoms with Gasteiger partial charge in [0.2, 0.25) is 16.0 Å². The van der Waals surface area contributed by atoms with Crippen molar-refractivity contribution < 1.29 is 13.5 Å². The molecular formula is C29H27ClN6O3S. The molecule has 0 amide bonds. The van der Waals surface area contributed by atoms with Gasteiger partial charge in [0.25, 0.3) is 0 Å². The lowest BCUT2D eigenvalue weighted by atomic mass is 10.1. The number of aromatic amines is 1. The molecular weight excluding hydrogens is 548 g/mol. The summed E-state index contributed by atoms with van der Waals surface area (Å²) in [5.74, 6) is 0.992. The average Bonchev–Trinajstić information content (AvgIpc) is 3.41. The smallest absolute Gasteiger partial charge is 0.240 e. The summed E-state index contributed by atoms with van der Waals surface area (Å²) in [5.41, 5.74) is 4.41. The second kappa shape index (κ2) is 11.9. The van der Waals surface area contributed by atoms with E-state index in [1.54, 1.807) is 54.7 Å². The number of aromatic hydroxyl groups is 1. The molecule has 2 aromatic heterocycles. The van der Waals surface area contributed by atoms with Crippen molar-refractivity contribution in [2.24, 2.45) is 0 Å². The SMILES string of the molecule is Cc1ccc(S(=O)(=O)NCCCNc2nccc(-c3[nH]c(-c4ccccc4)nc3-c3ccc(Cl)c(O)c3)n2)cc1. The van der Waals surface area contributed by atoms with E-state index in [1.165, 1.54) is 0 Å². The number of benzene rings is 3. The number of anilines is 1. The molecule has 5 rings (SSSR count). The van der Waals surface area contributed by atoms with Crippen LogP contribution in [-0.2, 0) is 10.0 Å². The van der Waals surface area contributed by atoms with Gasteiger partial charge in [-0.2, -0.15) is 0 Å². The van der Waals surface area contributed by atoms with Gasteiger partial charge in [-0.15, -0.1) is 0 Å². The predicted molar refractivity (Wildman–Crippen MR) is 157 cm³/mol. The molecule has 0 saturated heterocycles. The van der Waals surface area contributed by atoms with Gasteiger partial charge in [0.05, 0.1) is 27.0 Å². The van der Waals surface area contributed by atoms with Crippen LogP contribution in [-0.4, -0.2) is 46.5 Å². The number of imidazole rings is 1. The summed E-state index contributed by atoms with van der Waals surface area (Å²) < 4.78 is 27.6. The molecule has 0 bridgehead atoms. The Morgan fingerprint density at radius 1 is 0.925 bits per heavy atom. The van der Waals surface area contributed by atoms with Crippen LogP contribution in [0.1, 0.15) is 12.0 Å². The van der Waals surface area contributed by atoms with Crippen LogP contribution < -0.4 is 10.0 Å². The van der Waals surface area contributed by atoms with Crippen LogP contribution in [0.25, 0.3) is 34.0 Å². The van der Waals surface area contributed by atoms with Crippen molar-refractivity contribution in [3.05, 3.63) is 95.6 Å². The van der Waals surface area contributed by atoms with E-state index in [4.69, 9.17) is 16.6 Å². The summed E-state index contributed by atoms with van der Waals surface area (Å²) >= 11 is 6.03. The molecule has 9 nitrogen and oxygen atoms in total. The third-order valence-corrected chi connectivity index (χ3v) is 7.94. The Labute approximate surface area is 237 Å². The molecule has 3 aromatic carbocycles. The summed E-state index contributed by atoms with van der Waals surface area (Å²) in [6.45, 7) is 2.62. The molecule has 0 aliphatic heterocycles. The number of rotatable bonds is 10. The van der Waals surface area contributed by atoms with Crippen LogP contribution >= 0.6 is 11.6 Å². The molecule has 0 fully saturated rings. The number of aryl methyl sites for hydroxylation is 1. The lowest BCUT2D eigenvalue weighted by molar-refractivity contribution is 0.476. The van der Waals surface area contributed by atoms with Crippen LogP contribution in [0.2, 0.25) is 5.02 Å². The lowest BCUT2D eigenvalue weighted by Crippen LogP contribution is -2.26. The molecule has 5 aromatic rings. The number of aromatic nitrogens is 4. The summed E-state index contributed by atoms with van der Waals surface area (Å²) in [6.07, 6.45) is 2.16. The van der Waals surface area contributed by atoms with Gasteiger partial charge < -0.3 is 15.4 Å². The molecule has 0 atom stereocenters. The van der Waals surface area contributed by atoms with Crippen molar-refractivity contribution in [2.45, 2.75) is 18.2 Å². The first-order valence-electron chi connectivity index (χ1n) is 12.6. The van der Waals surface area contributed by atoms with Crippen LogP contribution in [0.5, 0.6) is 5.75 Å². The normalized spacial score (nSPS) is 11.4. The highest BCUT2D eigenvalue weighted by molar-refractivity contribution is 7.89. The Kier molecular flexibility index (Phi) is 8.11. The second-order valence-electron chi connectivity index (χ2n) is 9.10. The molecule has 0 aliphatic rings. The molecule has 40 heavy (non-hydrogen) atoms. The van der Waals surface area contributed by atoms with Crippen LogP contribution in [0.3, 0.4) is 0 Å². The zero-order valence-electron chi connectivity index (χ0n) is 21.6. The zero-order chi connectivity index (χ0) is 28.1. The molecule has 4 N–H and O–H groups in total. The van der Waals surface area contributed by atoms with Crippen molar-refractivity contribution >= 4 is 27.6 Å². The molecule has 0 aliphatic carbocycles. The quantitative estimate of drug-likeness (QED) is 0.158. The highest BCUT2D eigenvalue weighted by Gasteiger charge is 2.18. The summed E-state index contributed by atoms with van der Waals surface area (Å²) in [4.78, 5) is 17.4. The number of phenolic OH excluding ortho intramolecular Hbond substituents is 1. The minimum Gasteiger partial charge on any atom is -0.506 e. The Morgan fingerprint density at radius 3 is 2.45 bits per heavy atom. The fourth-order valence-electron chi connectivity index (χ4n) is 4.04. The molecule has 0 unspecified atom stereocenters. The standard InChI is InChI=1S/C29H27ClN6O3S/c1-19-8-11-22(12-9-19)40(38,39)33-16-5-15-31-29-32-17-14-24(34-29)27-26(21-10-13-23(30)25(37)18-21)35-28(36-27)20-6-3-2-4-7-20/h2-4,6-14,17-18,33,37H,5,15-16H2,1H3,(H,35,36)(H,31,32,34). The van der Waals surface area contributed by atoms with E-state index >= 15 is 0 Å². The summed E-state index contributed by atoms with van der Waals surface area (Å²) in [6, 6.07) is 23.1. The van der Waals surface area contributed by atoms with Crippen LogP contribution in [0.4, 0.5) is 5.95 Å². The van der Waals surface area contributed by atoms with E-state index in [9.17, 15) is 13.5 Å². The fraction of sp³-hybridized carbons (Fsp3) is 0.138. The van der Waals surface area contributed by atoms with Crippen LogP contribution in [0.15, 0.2) is 90.0 Å². The van der Waals surface area contributed by atoms with Gasteiger partial charge in [0.15, 0.2) is 0 Å². The van der Waals surface area contributed by atoms with Gasteiger partial charge in [-0.25, -0.2) is 28.1 Å². The molecule has 0 spiro atoms. The highest BCUT2D eigenvalue weighted by atomic mass is 35.5. The first-order chi connectivity index (χ1) is 19.3. The number of halogens is 1. The Bertz CT molecular complexity index is 1720. The number of H-pyrrole nitrogens is 1. The van der Waals surface area contributed by atoms with Gasteiger partial charge in [0, 0.05) is 30.4 Å². The molecule has 0 saturated carbocycles. The maximum absolute atomic E-state index is 12.5. The number of nitrogens with one attached hydrogen (secondary N) is 3. The van der Waals surface area contributed by atoms with Crippen molar-refractivity contribution in [2.75, 3.05) is 18.4 Å². The lowest BCUT2D eigenvalue weighted by Gasteiger charge is -2.09. The van der Waals surface area contributed by atoms with Crippen molar-refractivity contribution in [3.63, 3.8) is 0 Å². The third kappa shape index (κ3) is 6.31. The number of hydrogen-bond donors (Lipinski definition) is 4. The second-order valence-corrected chi connectivity index (χ2v) is 11.3. The van der Waals surface area contributed by atoms with E-state index in [-0.39, 0.29) is 22.2 Å². The molecule has 204 valence electrons. The van der Waals surface area contributed by atoms with E-state index in [0.717, 1.165) is 11.1 Å². The first kappa shape index (κ1) is 27.3. The van der Waals surface area contributed by atoms with Gasteiger partial charge in [-0.05, 0) is 43.7 Å². The molecule has 0 radical (unpaired) electrons. The minimum atomic E-state index is -3.57. The topological polar surface area (TPSA) is 133 Å². The number of phenols is 1. The van der Waals surface area contributed by atoms with Gasteiger partial charge >= 0.3 is 0 Å². The van der Waals surface area contributed by atoms with Crippen LogP contribution in [0, 0.1) is 6.92 Å². The Morgan fingerprint density at radius 2 is 1.70 bits per heavy atom. The van der Waals surface area contributed by atoms with Crippen molar-refractivity contribution in [1.29, 1.82) is 0 Å². The fourth-order valence-corrected chi connectivity index (χ4v) is 5.23. The monoisotopic (exact) mass is 574 g/mol. The predicted octanol–water partition coefficient (Wildman–Crippen LogP) is 5.65. The maximum atomic E-state index is 12.5. The maximum Gasteiger partial charge on any atom is 0.240 e. The van der Waals surface area contributed by atoms with Gasteiger partial charge in [-0.3, -0.25) is 0 Å². The third-order valence-electron chi connectivity index (χ3n) is 6.14. The van der Waals surface area contributed by atoms with E-state index < -0.39 is 10.0 Å². The van der Waals surface area contributed by atoms with E-state index in [0.29, 0.717) is 47.4 Å². The highest BCUT2D eigenvalue weighted by Crippen LogP contribution is 2.35. The average molecular weight is 575 g/mol. The van der Waals surface area contributed by atoms with E-state index in [1.807, 2.05) is 37.3 Å². The van der Waals surface area contributed by atoms with Crippen molar-refractivity contribution in [1.82, 2.24) is 24.7 Å². The summed E-state index contributed by atoms with van der Waals surface area (Å²) in [5, 5.41) is 13.6. The zero-order valence-corrected chi connectivity index (χ0v) is 23.2. The Hall–Kier alpha value is -4.25.